The summed E-state index contributed by atoms with van der Waals surface area (Å²) in [6.45, 7) is 1.23. The smallest absolute Gasteiger partial charge is 0.231 e. The number of rotatable bonds is 3. The third-order valence-corrected chi connectivity index (χ3v) is 3.95. The van der Waals surface area contributed by atoms with Crippen molar-refractivity contribution in [3.63, 3.8) is 0 Å². The Bertz CT molecular complexity index is 704. The molecule has 1 N–H and O–H groups in total. The topological polar surface area (TPSA) is 49.0 Å². The van der Waals surface area contributed by atoms with E-state index in [1.807, 2.05) is 30.3 Å². The van der Waals surface area contributed by atoms with E-state index in [4.69, 9.17) is 18.9 Å². The minimum Gasteiger partial charge on any atom is -0.454 e. The first-order valence-electron chi connectivity index (χ1n) is 6.51. The minimum absolute atomic E-state index is 0.271. The highest BCUT2D eigenvalue weighted by molar-refractivity contribution is 9.10. The summed E-state index contributed by atoms with van der Waals surface area (Å²) >= 11 is 3.50. The fourth-order valence-corrected chi connectivity index (χ4v) is 2.94. The monoisotopic (exact) mass is 349 g/mol. The summed E-state index contributed by atoms with van der Waals surface area (Å²) in [6, 6.07) is 9.81. The fraction of sp³-hybridized carbons (Fsp3) is 0.200. The quantitative estimate of drug-likeness (QED) is 0.918. The second-order valence-corrected chi connectivity index (χ2v) is 5.59. The molecule has 2 heterocycles. The zero-order chi connectivity index (χ0) is 14.2. The molecule has 0 saturated heterocycles. The minimum atomic E-state index is 0.271. The van der Waals surface area contributed by atoms with E-state index in [1.165, 1.54) is 0 Å². The van der Waals surface area contributed by atoms with E-state index in [0.29, 0.717) is 6.54 Å². The first kappa shape index (κ1) is 12.6. The van der Waals surface area contributed by atoms with Crippen LogP contribution in [0.4, 0.5) is 5.69 Å². The predicted molar refractivity (Wildman–Crippen MR) is 80.2 cm³/mol. The summed E-state index contributed by atoms with van der Waals surface area (Å²) in [5.41, 5.74) is 2.08. The zero-order valence-electron chi connectivity index (χ0n) is 11.0. The lowest BCUT2D eigenvalue weighted by Gasteiger charge is -2.09. The Hall–Kier alpha value is -2.08. The Morgan fingerprint density at radius 1 is 0.905 bits per heavy atom. The van der Waals surface area contributed by atoms with E-state index in [1.54, 1.807) is 0 Å². The SMILES string of the molecule is Brc1cc(CNc2ccc3c(c2)OCO3)cc2c1OCO2. The van der Waals surface area contributed by atoms with Crippen molar-refractivity contribution in [2.24, 2.45) is 0 Å². The first-order chi connectivity index (χ1) is 10.3. The van der Waals surface area contributed by atoms with Crippen LogP contribution in [-0.4, -0.2) is 13.6 Å². The molecule has 2 aromatic rings. The maximum Gasteiger partial charge on any atom is 0.231 e. The number of halogens is 1. The van der Waals surface area contributed by atoms with Crippen LogP contribution in [0.5, 0.6) is 23.0 Å². The van der Waals surface area contributed by atoms with Crippen LogP contribution in [0.15, 0.2) is 34.8 Å². The molecule has 0 spiro atoms. The largest absolute Gasteiger partial charge is 0.454 e. The molecule has 2 aromatic carbocycles. The van der Waals surface area contributed by atoms with E-state index in [2.05, 4.69) is 21.2 Å². The van der Waals surface area contributed by atoms with Gasteiger partial charge in [-0.2, -0.15) is 0 Å². The summed E-state index contributed by atoms with van der Waals surface area (Å²) in [6.07, 6.45) is 0. The maximum absolute atomic E-state index is 5.42. The van der Waals surface area contributed by atoms with E-state index in [9.17, 15) is 0 Å². The molecule has 4 rings (SSSR count). The molecule has 0 amide bonds. The van der Waals surface area contributed by atoms with Crippen molar-refractivity contribution >= 4 is 21.6 Å². The molecule has 6 heteroatoms. The lowest BCUT2D eigenvalue weighted by atomic mass is 10.2. The van der Waals surface area contributed by atoms with Gasteiger partial charge in [-0.15, -0.1) is 0 Å². The van der Waals surface area contributed by atoms with Crippen LogP contribution < -0.4 is 24.3 Å². The predicted octanol–water partition coefficient (Wildman–Crippen LogP) is 3.52. The van der Waals surface area contributed by atoms with Crippen LogP contribution in [0.2, 0.25) is 0 Å². The van der Waals surface area contributed by atoms with Crippen LogP contribution in [0.25, 0.3) is 0 Å². The Morgan fingerprint density at radius 2 is 1.71 bits per heavy atom. The second kappa shape index (κ2) is 5.04. The Morgan fingerprint density at radius 3 is 2.67 bits per heavy atom. The van der Waals surface area contributed by atoms with E-state index >= 15 is 0 Å². The number of anilines is 1. The van der Waals surface area contributed by atoms with Crippen LogP contribution in [-0.2, 0) is 6.54 Å². The molecule has 0 radical (unpaired) electrons. The van der Waals surface area contributed by atoms with Gasteiger partial charge in [0.25, 0.3) is 0 Å². The van der Waals surface area contributed by atoms with Gasteiger partial charge in [0.05, 0.1) is 4.47 Å². The van der Waals surface area contributed by atoms with E-state index < -0.39 is 0 Å². The van der Waals surface area contributed by atoms with Gasteiger partial charge in [0.15, 0.2) is 23.0 Å². The van der Waals surface area contributed by atoms with Gasteiger partial charge in [-0.3, -0.25) is 0 Å². The average Bonchev–Trinajstić information content (AvgIpc) is 3.13. The van der Waals surface area contributed by atoms with Crippen molar-refractivity contribution in [3.8, 4) is 23.0 Å². The fourth-order valence-electron chi connectivity index (χ4n) is 2.33. The molecule has 0 aromatic heterocycles. The third kappa shape index (κ3) is 2.35. The summed E-state index contributed by atoms with van der Waals surface area (Å²) in [7, 11) is 0. The van der Waals surface area contributed by atoms with Crippen molar-refractivity contribution in [1.82, 2.24) is 0 Å². The number of fused-ring (bicyclic) bond motifs is 2. The van der Waals surface area contributed by atoms with Crippen molar-refractivity contribution in [2.45, 2.75) is 6.54 Å². The molecule has 0 bridgehead atoms. The molecular formula is C15H12BrNO4. The summed E-state index contributed by atoms with van der Waals surface area (Å²) < 4.78 is 22.4. The van der Waals surface area contributed by atoms with Gasteiger partial charge in [0.2, 0.25) is 13.6 Å². The molecule has 2 aliphatic rings. The summed E-state index contributed by atoms with van der Waals surface area (Å²) in [5.74, 6) is 3.09. The molecule has 21 heavy (non-hydrogen) atoms. The number of hydrogen-bond acceptors (Lipinski definition) is 5. The van der Waals surface area contributed by atoms with Gasteiger partial charge in [-0.25, -0.2) is 0 Å². The molecule has 0 atom stereocenters. The van der Waals surface area contributed by atoms with Crippen LogP contribution in [0.1, 0.15) is 5.56 Å². The molecular weight excluding hydrogens is 338 g/mol. The highest BCUT2D eigenvalue weighted by atomic mass is 79.9. The number of benzene rings is 2. The highest BCUT2D eigenvalue weighted by Gasteiger charge is 2.18. The van der Waals surface area contributed by atoms with Gasteiger partial charge < -0.3 is 24.3 Å². The second-order valence-electron chi connectivity index (χ2n) is 4.73. The highest BCUT2D eigenvalue weighted by Crippen LogP contribution is 2.40. The van der Waals surface area contributed by atoms with Gasteiger partial charge in [-0.1, -0.05) is 0 Å². The van der Waals surface area contributed by atoms with Crippen molar-refractivity contribution in [1.29, 1.82) is 0 Å². The van der Waals surface area contributed by atoms with Crippen LogP contribution in [0, 0.1) is 0 Å². The average molecular weight is 350 g/mol. The van der Waals surface area contributed by atoms with Crippen molar-refractivity contribution in [2.75, 3.05) is 18.9 Å². The van der Waals surface area contributed by atoms with Crippen LogP contribution >= 0.6 is 15.9 Å². The summed E-state index contributed by atoms with van der Waals surface area (Å²) in [4.78, 5) is 0. The van der Waals surface area contributed by atoms with Crippen molar-refractivity contribution in [3.05, 3.63) is 40.4 Å². The molecule has 2 aliphatic heterocycles. The number of ether oxygens (including phenoxy) is 4. The lowest BCUT2D eigenvalue weighted by molar-refractivity contribution is 0.173. The van der Waals surface area contributed by atoms with E-state index in [0.717, 1.165) is 38.7 Å². The van der Waals surface area contributed by atoms with Crippen LogP contribution in [0.3, 0.4) is 0 Å². The normalized spacial score (nSPS) is 14.3. The maximum atomic E-state index is 5.42. The van der Waals surface area contributed by atoms with Crippen molar-refractivity contribution < 1.29 is 18.9 Å². The molecule has 0 aliphatic carbocycles. The zero-order valence-corrected chi connectivity index (χ0v) is 12.6. The lowest BCUT2D eigenvalue weighted by Crippen LogP contribution is -1.99. The van der Waals surface area contributed by atoms with Gasteiger partial charge in [0.1, 0.15) is 0 Å². The van der Waals surface area contributed by atoms with E-state index in [-0.39, 0.29) is 13.6 Å². The Labute approximate surface area is 129 Å². The number of nitrogens with one attached hydrogen (secondary N) is 1. The summed E-state index contributed by atoms with van der Waals surface area (Å²) in [5, 5.41) is 3.36. The molecule has 0 saturated carbocycles. The standard InChI is InChI=1S/C15H12BrNO4/c16-11-3-9(4-14-15(11)21-8-20-14)6-17-10-1-2-12-13(5-10)19-7-18-12/h1-5,17H,6-8H2. The number of hydrogen-bond donors (Lipinski definition) is 1. The van der Waals surface area contributed by atoms with Gasteiger partial charge in [0, 0.05) is 18.3 Å². The molecule has 5 nitrogen and oxygen atoms in total. The third-order valence-electron chi connectivity index (χ3n) is 3.36. The van der Waals surface area contributed by atoms with Gasteiger partial charge in [-0.05, 0) is 45.8 Å². The van der Waals surface area contributed by atoms with Gasteiger partial charge >= 0.3 is 0 Å². The molecule has 108 valence electrons. The molecule has 0 unspecified atom stereocenters. The first-order valence-corrected chi connectivity index (χ1v) is 7.30. The molecule has 0 fully saturated rings. The Kier molecular flexibility index (Phi) is 3.03. The Balaban J connectivity index is 1.51.